The Labute approximate surface area is 257 Å². The van der Waals surface area contributed by atoms with Crippen molar-refractivity contribution >= 4 is 28.7 Å². The van der Waals surface area contributed by atoms with Gasteiger partial charge in [0.05, 0.1) is 30.4 Å². The van der Waals surface area contributed by atoms with Crippen LogP contribution in [-0.2, 0) is 4.84 Å². The molecule has 12 heteroatoms. The standard InChI is InChI=1S/C32H40N8O4/c1-43-30-20-28(38-12-9-25(10-13-38)37-16-14-36(15-17-37)24-7-8-24)29(40(41)42)19-26(30)35-31-21-32(34-22-33-31)39-27(11-18-44-39)23-5-3-2-4-6-23/h2-6,19-22,24-25,27H,7-18H2,1H3,(H,33,34,35). The second-order valence-corrected chi connectivity index (χ2v) is 12.1. The van der Waals surface area contributed by atoms with Crippen molar-refractivity contribution < 1.29 is 14.5 Å². The summed E-state index contributed by atoms with van der Waals surface area (Å²) in [5.74, 6) is 1.61. The fourth-order valence-corrected chi connectivity index (χ4v) is 6.95. The molecule has 1 aliphatic carbocycles. The van der Waals surface area contributed by atoms with E-state index >= 15 is 0 Å². The highest BCUT2D eigenvalue weighted by atomic mass is 16.7. The number of nitrogens with one attached hydrogen (secondary N) is 1. The van der Waals surface area contributed by atoms with Crippen LogP contribution in [0.3, 0.4) is 0 Å². The second-order valence-electron chi connectivity index (χ2n) is 12.1. The van der Waals surface area contributed by atoms with Gasteiger partial charge in [-0.2, -0.15) is 0 Å². The van der Waals surface area contributed by atoms with Gasteiger partial charge in [-0.1, -0.05) is 30.3 Å². The third-order valence-electron chi connectivity index (χ3n) is 9.46. The van der Waals surface area contributed by atoms with Gasteiger partial charge in [0.25, 0.3) is 5.69 Å². The summed E-state index contributed by atoms with van der Waals surface area (Å²) in [7, 11) is 1.58. The minimum Gasteiger partial charge on any atom is -0.494 e. The molecule has 4 heterocycles. The summed E-state index contributed by atoms with van der Waals surface area (Å²) in [6, 6.07) is 16.7. The molecule has 44 heavy (non-hydrogen) atoms. The minimum atomic E-state index is -0.308. The molecule has 232 valence electrons. The topological polar surface area (TPSA) is 112 Å². The van der Waals surface area contributed by atoms with Crippen LogP contribution in [0.1, 0.15) is 43.7 Å². The molecule has 1 N–H and O–H groups in total. The number of benzene rings is 2. The molecule has 0 amide bonds. The van der Waals surface area contributed by atoms with E-state index in [9.17, 15) is 10.1 Å². The zero-order valence-electron chi connectivity index (χ0n) is 25.2. The Bertz CT molecular complexity index is 1460. The van der Waals surface area contributed by atoms with E-state index < -0.39 is 0 Å². The van der Waals surface area contributed by atoms with E-state index in [4.69, 9.17) is 9.57 Å². The van der Waals surface area contributed by atoms with Crippen molar-refractivity contribution in [3.63, 3.8) is 0 Å². The van der Waals surface area contributed by atoms with Gasteiger partial charge < -0.3 is 15.0 Å². The summed E-state index contributed by atoms with van der Waals surface area (Å²) < 4.78 is 5.74. The van der Waals surface area contributed by atoms with E-state index in [0.717, 1.165) is 70.1 Å². The maximum atomic E-state index is 12.3. The fraction of sp³-hybridized carbons (Fsp3) is 0.500. The monoisotopic (exact) mass is 600 g/mol. The molecule has 1 aromatic heterocycles. The summed E-state index contributed by atoms with van der Waals surface area (Å²) in [5.41, 5.74) is 2.25. The highest BCUT2D eigenvalue weighted by molar-refractivity contribution is 5.77. The smallest absolute Gasteiger partial charge is 0.294 e. The van der Waals surface area contributed by atoms with Gasteiger partial charge >= 0.3 is 0 Å². The number of hydrogen-bond acceptors (Lipinski definition) is 11. The van der Waals surface area contributed by atoms with Crippen LogP contribution >= 0.6 is 0 Å². The number of methoxy groups -OCH3 is 1. The first-order valence-corrected chi connectivity index (χ1v) is 15.7. The van der Waals surface area contributed by atoms with Crippen LogP contribution in [-0.4, -0.2) is 89.8 Å². The second kappa shape index (κ2) is 12.5. The van der Waals surface area contributed by atoms with Crippen molar-refractivity contribution in [2.45, 2.75) is 50.2 Å². The largest absolute Gasteiger partial charge is 0.494 e. The molecule has 7 rings (SSSR count). The maximum absolute atomic E-state index is 12.3. The van der Waals surface area contributed by atoms with Gasteiger partial charge in [-0.05, 0) is 31.2 Å². The first-order chi connectivity index (χ1) is 21.6. The lowest BCUT2D eigenvalue weighted by molar-refractivity contribution is -0.384. The normalized spacial score (nSPS) is 21.9. The number of ether oxygens (including phenoxy) is 1. The SMILES string of the molecule is COc1cc(N2CCC(N3CCN(C4CC4)CC3)CC2)c([N+](=O)[O-])cc1Nc1cc(N2OCCC2c2ccccc2)ncn1. The molecule has 0 radical (unpaired) electrons. The number of nitrogens with zero attached hydrogens (tertiary/aromatic N) is 7. The summed E-state index contributed by atoms with van der Waals surface area (Å²) >= 11 is 0. The van der Waals surface area contributed by atoms with Gasteiger partial charge in [0.15, 0.2) is 5.82 Å². The Morgan fingerprint density at radius 3 is 2.27 bits per heavy atom. The zero-order valence-corrected chi connectivity index (χ0v) is 25.2. The molecule has 0 bridgehead atoms. The summed E-state index contributed by atoms with van der Waals surface area (Å²) in [5, 5.41) is 17.4. The van der Waals surface area contributed by atoms with E-state index in [2.05, 4.69) is 42.1 Å². The molecule has 3 aromatic rings. The van der Waals surface area contributed by atoms with E-state index in [0.29, 0.717) is 41.4 Å². The molecule has 0 spiro atoms. The highest BCUT2D eigenvalue weighted by Crippen LogP contribution is 2.41. The molecule has 3 aliphatic heterocycles. The summed E-state index contributed by atoms with van der Waals surface area (Å²) in [4.78, 5) is 34.2. The Morgan fingerprint density at radius 2 is 1.61 bits per heavy atom. The van der Waals surface area contributed by atoms with Gasteiger partial charge in [-0.25, -0.2) is 15.0 Å². The highest BCUT2D eigenvalue weighted by Gasteiger charge is 2.35. The Kier molecular flexibility index (Phi) is 8.20. The third-order valence-corrected chi connectivity index (χ3v) is 9.46. The Balaban J connectivity index is 1.06. The number of hydrogen-bond donors (Lipinski definition) is 1. The van der Waals surface area contributed by atoms with Gasteiger partial charge in [0, 0.05) is 76.0 Å². The molecule has 1 atom stereocenters. The van der Waals surface area contributed by atoms with Crippen LogP contribution in [0.15, 0.2) is 54.9 Å². The first kappa shape index (κ1) is 28.8. The molecule has 12 nitrogen and oxygen atoms in total. The average Bonchev–Trinajstić information content (AvgIpc) is 3.81. The van der Waals surface area contributed by atoms with Crippen LogP contribution in [0, 0.1) is 10.1 Å². The maximum Gasteiger partial charge on any atom is 0.294 e. The number of nitro benzene ring substituents is 1. The summed E-state index contributed by atoms with van der Waals surface area (Å²) in [6.07, 6.45) is 7.01. The third kappa shape index (κ3) is 6.01. The van der Waals surface area contributed by atoms with Crippen molar-refractivity contribution in [3.8, 4) is 5.75 Å². The molecule has 4 aliphatic rings. The van der Waals surface area contributed by atoms with E-state index in [-0.39, 0.29) is 16.7 Å². The van der Waals surface area contributed by atoms with Gasteiger partial charge in [-0.15, -0.1) is 0 Å². The Morgan fingerprint density at radius 1 is 0.909 bits per heavy atom. The minimum absolute atomic E-state index is 0.0327. The van der Waals surface area contributed by atoms with Crippen LogP contribution in [0.25, 0.3) is 0 Å². The van der Waals surface area contributed by atoms with E-state index in [1.807, 2.05) is 23.3 Å². The van der Waals surface area contributed by atoms with Crippen molar-refractivity contribution in [1.82, 2.24) is 19.8 Å². The lowest BCUT2D eigenvalue weighted by atomic mass is 10.0. The number of piperazine rings is 1. The van der Waals surface area contributed by atoms with Gasteiger partial charge in [0.2, 0.25) is 0 Å². The number of rotatable bonds is 9. The average molecular weight is 601 g/mol. The number of anilines is 4. The van der Waals surface area contributed by atoms with E-state index in [1.165, 1.54) is 19.2 Å². The predicted octanol–water partition coefficient (Wildman–Crippen LogP) is 4.77. The quantitative estimate of drug-likeness (QED) is 0.271. The van der Waals surface area contributed by atoms with Crippen molar-refractivity contribution in [1.29, 1.82) is 0 Å². The zero-order chi connectivity index (χ0) is 30.0. The molecular weight excluding hydrogens is 560 g/mol. The Hall–Kier alpha value is -4.00. The molecule has 4 fully saturated rings. The molecule has 1 unspecified atom stereocenters. The fourth-order valence-electron chi connectivity index (χ4n) is 6.95. The van der Waals surface area contributed by atoms with Gasteiger partial charge in [0.1, 0.15) is 23.6 Å². The van der Waals surface area contributed by atoms with Crippen molar-refractivity contribution in [3.05, 3.63) is 70.5 Å². The number of nitro groups is 1. The van der Waals surface area contributed by atoms with Crippen LogP contribution in [0.4, 0.5) is 28.7 Å². The lowest BCUT2D eigenvalue weighted by Gasteiger charge is -2.43. The number of aromatic nitrogens is 2. The first-order valence-electron chi connectivity index (χ1n) is 15.7. The molecule has 2 aromatic carbocycles. The van der Waals surface area contributed by atoms with Gasteiger partial charge in [-0.3, -0.25) is 24.8 Å². The molecule has 3 saturated heterocycles. The van der Waals surface area contributed by atoms with Crippen LogP contribution in [0.2, 0.25) is 0 Å². The number of hydroxylamine groups is 1. The summed E-state index contributed by atoms with van der Waals surface area (Å²) in [6.45, 7) is 6.70. The van der Waals surface area contributed by atoms with Crippen LogP contribution < -0.4 is 20.0 Å². The predicted molar refractivity (Wildman–Crippen MR) is 169 cm³/mol. The van der Waals surface area contributed by atoms with E-state index in [1.54, 1.807) is 25.3 Å². The molecular formula is C32H40N8O4. The molecule has 1 saturated carbocycles. The van der Waals surface area contributed by atoms with Crippen molar-refractivity contribution in [2.75, 3.05) is 68.3 Å². The van der Waals surface area contributed by atoms with Crippen LogP contribution in [0.5, 0.6) is 5.75 Å². The number of piperidine rings is 1. The lowest BCUT2D eigenvalue weighted by Crippen LogP contribution is -2.53. The van der Waals surface area contributed by atoms with Crippen molar-refractivity contribution in [2.24, 2.45) is 0 Å².